The Morgan fingerprint density at radius 1 is 1.13 bits per heavy atom. The van der Waals surface area contributed by atoms with Crippen LogP contribution in [0.15, 0.2) is 0 Å². The van der Waals surface area contributed by atoms with E-state index in [9.17, 15) is 9.59 Å². The van der Waals surface area contributed by atoms with E-state index < -0.39 is 11.7 Å². The molecule has 6 nitrogen and oxygen atoms in total. The van der Waals surface area contributed by atoms with Gasteiger partial charge in [0.25, 0.3) is 0 Å². The van der Waals surface area contributed by atoms with E-state index in [4.69, 9.17) is 9.47 Å². The van der Waals surface area contributed by atoms with Crippen LogP contribution in [0.25, 0.3) is 0 Å². The molecule has 0 spiro atoms. The lowest BCUT2D eigenvalue weighted by Gasteiger charge is -2.52. The second kappa shape index (κ2) is 7.99. The maximum Gasteiger partial charge on any atom is 0.407 e. The first-order chi connectivity index (χ1) is 10.6. The Morgan fingerprint density at radius 2 is 1.74 bits per heavy atom. The molecule has 0 unspecified atom stereocenters. The topological polar surface area (TPSA) is 76.7 Å². The van der Waals surface area contributed by atoms with Gasteiger partial charge in [0.15, 0.2) is 0 Å². The molecule has 1 fully saturated rings. The summed E-state index contributed by atoms with van der Waals surface area (Å²) in [6.45, 7) is 10.3. The van der Waals surface area contributed by atoms with Crippen molar-refractivity contribution in [1.82, 2.24) is 10.6 Å². The third-order valence-corrected chi connectivity index (χ3v) is 4.30. The average molecular weight is 328 g/mol. The number of methoxy groups -OCH3 is 1. The van der Waals surface area contributed by atoms with E-state index in [1.165, 1.54) is 0 Å². The van der Waals surface area contributed by atoms with Crippen molar-refractivity contribution in [2.24, 2.45) is 5.41 Å². The molecule has 0 aromatic carbocycles. The monoisotopic (exact) mass is 328 g/mol. The lowest BCUT2D eigenvalue weighted by atomic mass is 9.63. The Bertz CT molecular complexity index is 415. The second-order valence-corrected chi connectivity index (χ2v) is 7.83. The number of hydrogen-bond acceptors (Lipinski definition) is 4. The highest BCUT2D eigenvalue weighted by atomic mass is 16.6. The van der Waals surface area contributed by atoms with Crippen LogP contribution in [0, 0.1) is 5.41 Å². The molecule has 2 atom stereocenters. The molecule has 2 N–H and O–H groups in total. The quantitative estimate of drug-likeness (QED) is 0.704. The molecule has 0 radical (unpaired) electrons. The Hall–Kier alpha value is -1.30. The summed E-state index contributed by atoms with van der Waals surface area (Å²) < 4.78 is 10.3. The van der Waals surface area contributed by atoms with Gasteiger partial charge >= 0.3 is 6.09 Å². The summed E-state index contributed by atoms with van der Waals surface area (Å²) in [4.78, 5) is 23.8. The van der Waals surface area contributed by atoms with Crippen LogP contribution in [0.1, 0.15) is 60.3 Å². The van der Waals surface area contributed by atoms with Gasteiger partial charge in [0, 0.05) is 37.6 Å². The van der Waals surface area contributed by atoms with Gasteiger partial charge in [0.2, 0.25) is 5.91 Å². The summed E-state index contributed by atoms with van der Waals surface area (Å²) in [6, 6.07) is 0.0912. The normalized spacial score (nSPS) is 22.9. The number of rotatable bonds is 7. The van der Waals surface area contributed by atoms with Gasteiger partial charge in [-0.15, -0.1) is 0 Å². The molecular weight excluding hydrogens is 296 g/mol. The van der Waals surface area contributed by atoms with E-state index in [-0.39, 0.29) is 23.4 Å². The Morgan fingerprint density at radius 3 is 2.26 bits per heavy atom. The Labute approximate surface area is 139 Å². The van der Waals surface area contributed by atoms with E-state index >= 15 is 0 Å². The van der Waals surface area contributed by atoms with Crippen molar-refractivity contribution in [3.05, 3.63) is 0 Å². The molecule has 1 aliphatic carbocycles. The molecule has 6 heteroatoms. The zero-order chi connectivity index (χ0) is 17.7. The van der Waals surface area contributed by atoms with Crippen molar-refractivity contribution in [2.75, 3.05) is 13.7 Å². The lowest BCUT2D eigenvalue weighted by molar-refractivity contribution is -0.124. The van der Waals surface area contributed by atoms with Crippen LogP contribution >= 0.6 is 0 Å². The van der Waals surface area contributed by atoms with E-state index in [1.807, 2.05) is 20.8 Å². The van der Waals surface area contributed by atoms with E-state index in [0.29, 0.717) is 13.0 Å². The minimum atomic E-state index is -0.506. The van der Waals surface area contributed by atoms with Crippen LogP contribution in [-0.4, -0.2) is 43.4 Å². The fourth-order valence-corrected chi connectivity index (χ4v) is 2.66. The standard InChI is InChI=1S/C17H32N2O4/c1-16(2,3)23-15(21)19-13-11-12(17(13,4)5)18-14(20)9-7-8-10-22-6/h12-13H,7-11H2,1-6H3,(H,18,20)(H,19,21)/t12-,13-/m1/s1. The van der Waals surface area contributed by atoms with Crippen molar-refractivity contribution >= 4 is 12.0 Å². The zero-order valence-corrected chi connectivity index (χ0v) is 15.3. The molecule has 1 saturated carbocycles. The van der Waals surface area contributed by atoms with Crippen molar-refractivity contribution < 1.29 is 19.1 Å². The highest BCUT2D eigenvalue weighted by Gasteiger charge is 2.49. The molecule has 0 aliphatic heterocycles. The largest absolute Gasteiger partial charge is 0.444 e. The van der Waals surface area contributed by atoms with Crippen LogP contribution in [0.3, 0.4) is 0 Å². The van der Waals surface area contributed by atoms with Crippen molar-refractivity contribution in [2.45, 2.75) is 78.0 Å². The van der Waals surface area contributed by atoms with Gasteiger partial charge in [-0.2, -0.15) is 0 Å². The molecule has 1 aliphatic rings. The van der Waals surface area contributed by atoms with E-state index in [0.717, 1.165) is 19.3 Å². The third-order valence-electron chi connectivity index (χ3n) is 4.30. The van der Waals surface area contributed by atoms with Gasteiger partial charge < -0.3 is 20.1 Å². The minimum absolute atomic E-state index is 0.0103. The molecular formula is C17H32N2O4. The van der Waals surface area contributed by atoms with Gasteiger partial charge in [-0.1, -0.05) is 13.8 Å². The summed E-state index contributed by atoms with van der Waals surface area (Å²) >= 11 is 0. The first-order valence-corrected chi connectivity index (χ1v) is 8.34. The molecule has 2 amide bonds. The molecule has 23 heavy (non-hydrogen) atoms. The highest BCUT2D eigenvalue weighted by molar-refractivity contribution is 5.76. The number of carbonyl (C=O) groups excluding carboxylic acids is 2. The lowest BCUT2D eigenvalue weighted by Crippen LogP contribution is -2.66. The number of nitrogens with one attached hydrogen (secondary N) is 2. The molecule has 0 heterocycles. The van der Waals surface area contributed by atoms with Crippen LogP contribution in [-0.2, 0) is 14.3 Å². The second-order valence-electron chi connectivity index (χ2n) is 7.83. The molecule has 1 rings (SSSR count). The summed E-state index contributed by atoms with van der Waals surface area (Å²) in [5, 5.41) is 5.96. The minimum Gasteiger partial charge on any atom is -0.444 e. The summed E-state index contributed by atoms with van der Waals surface area (Å²) in [5.41, 5.74) is -0.688. The Balaban J connectivity index is 2.34. The SMILES string of the molecule is COCCCCC(=O)N[C@@H]1C[C@@H](NC(=O)OC(C)(C)C)C1(C)C. The van der Waals surface area contributed by atoms with Gasteiger partial charge in [-0.3, -0.25) is 4.79 Å². The first kappa shape index (κ1) is 19.7. The number of carbonyl (C=O) groups is 2. The van der Waals surface area contributed by atoms with Gasteiger partial charge in [-0.05, 0) is 40.0 Å². The average Bonchev–Trinajstić information content (AvgIpc) is 2.40. The molecule has 0 aromatic heterocycles. The molecule has 134 valence electrons. The van der Waals surface area contributed by atoms with Gasteiger partial charge in [0.1, 0.15) is 5.60 Å². The molecule has 0 saturated heterocycles. The maximum atomic E-state index is 11.9. The highest BCUT2D eigenvalue weighted by Crippen LogP contribution is 2.40. The summed E-state index contributed by atoms with van der Waals surface area (Å²) in [6.07, 6.45) is 2.56. The van der Waals surface area contributed by atoms with E-state index in [1.54, 1.807) is 7.11 Å². The number of ether oxygens (including phenoxy) is 2. The van der Waals surface area contributed by atoms with Crippen LogP contribution in [0.2, 0.25) is 0 Å². The van der Waals surface area contributed by atoms with Gasteiger partial charge in [-0.25, -0.2) is 4.79 Å². The van der Waals surface area contributed by atoms with E-state index in [2.05, 4.69) is 24.5 Å². The fourth-order valence-electron chi connectivity index (χ4n) is 2.66. The number of unbranched alkanes of at least 4 members (excludes halogenated alkanes) is 1. The van der Waals surface area contributed by atoms with Crippen LogP contribution < -0.4 is 10.6 Å². The zero-order valence-electron chi connectivity index (χ0n) is 15.3. The van der Waals surface area contributed by atoms with Crippen LogP contribution in [0.4, 0.5) is 4.79 Å². The van der Waals surface area contributed by atoms with Crippen LogP contribution in [0.5, 0.6) is 0 Å². The predicted molar refractivity (Wildman–Crippen MR) is 89.2 cm³/mol. The predicted octanol–water partition coefficient (Wildman–Crippen LogP) is 2.61. The maximum absolute atomic E-state index is 11.9. The number of alkyl carbamates (subject to hydrolysis) is 1. The van der Waals surface area contributed by atoms with Crippen molar-refractivity contribution in [3.8, 4) is 0 Å². The summed E-state index contributed by atoms with van der Waals surface area (Å²) in [7, 11) is 1.66. The number of amides is 2. The molecule has 0 aromatic rings. The Kier molecular flexibility index (Phi) is 6.86. The molecule has 0 bridgehead atoms. The van der Waals surface area contributed by atoms with Crippen molar-refractivity contribution in [3.63, 3.8) is 0 Å². The first-order valence-electron chi connectivity index (χ1n) is 8.34. The van der Waals surface area contributed by atoms with Gasteiger partial charge in [0.05, 0.1) is 0 Å². The summed E-state index contributed by atoms with van der Waals surface area (Å²) in [5.74, 6) is 0.0647. The fraction of sp³-hybridized carbons (Fsp3) is 0.882. The smallest absolute Gasteiger partial charge is 0.407 e. The number of hydrogen-bond donors (Lipinski definition) is 2. The third kappa shape index (κ3) is 6.37. The van der Waals surface area contributed by atoms with Crippen molar-refractivity contribution in [1.29, 1.82) is 0 Å².